The SMILES string of the molecule is C=C1NCC[C@H]1CC(C=O)NC(=O)[C@H](CC(C)C)NC(=O)[C@@H](NC(=O)OCc1ccccc1)C(C)C. The summed E-state index contributed by atoms with van der Waals surface area (Å²) >= 11 is 0. The van der Waals surface area contributed by atoms with Gasteiger partial charge in [0.2, 0.25) is 11.8 Å². The van der Waals surface area contributed by atoms with E-state index in [0.29, 0.717) is 12.8 Å². The highest BCUT2D eigenvalue weighted by Gasteiger charge is 2.31. The summed E-state index contributed by atoms with van der Waals surface area (Å²) in [7, 11) is 0. The van der Waals surface area contributed by atoms with Gasteiger partial charge in [0.05, 0.1) is 6.04 Å². The predicted molar refractivity (Wildman–Crippen MR) is 138 cm³/mol. The Labute approximate surface area is 213 Å². The first kappa shape index (κ1) is 28.9. The van der Waals surface area contributed by atoms with E-state index in [9.17, 15) is 19.2 Å². The number of carbonyl (C=O) groups excluding carboxylic acids is 4. The number of alkyl carbamates (subject to hydrolysis) is 1. The van der Waals surface area contributed by atoms with Crippen molar-refractivity contribution in [3.63, 3.8) is 0 Å². The number of benzene rings is 1. The molecule has 9 nitrogen and oxygen atoms in total. The van der Waals surface area contributed by atoms with Crippen molar-refractivity contribution in [2.24, 2.45) is 17.8 Å². The minimum atomic E-state index is -0.898. The Morgan fingerprint density at radius 2 is 1.78 bits per heavy atom. The summed E-state index contributed by atoms with van der Waals surface area (Å²) in [5.74, 6) is -0.954. The lowest BCUT2D eigenvalue weighted by Gasteiger charge is -2.27. The van der Waals surface area contributed by atoms with E-state index in [0.717, 1.165) is 30.5 Å². The molecule has 1 aliphatic rings. The van der Waals surface area contributed by atoms with Crippen LogP contribution in [0.1, 0.15) is 52.5 Å². The molecule has 9 heteroatoms. The van der Waals surface area contributed by atoms with Gasteiger partial charge in [-0.2, -0.15) is 0 Å². The van der Waals surface area contributed by atoms with Gasteiger partial charge < -0.3 is 30.8 Å². The molecule has 1 heterocycles. The van der Waals surface area contributed by atoms with Crippen molar-refractivity contribution in [3.8, 4) is 0 Å². The molecule has 1 aliphatic heterocycles. The van der Waals surface area contributed by atoms with Crippen molar-refractivity contribution in [3.05, 3.63) is 48.2 Å². The average Bonchev–Trinajstić information content (AvgIpc) is 3.24. The first-order valence-electron chi connectivity index (χ1n) is 12.6. The summed E-state index contributed by atoms with van der Waals surface area (Å²) in [6.45, 7) is 12.3. The number of hydrogen-bond acceptors (Lipinski definition) is 6. The first-order chi connectivity index (χ1) is 17.1. The Morgan fingerprint density at radius 3 is 2.33 bits per heavy atom. The van der Waals surface area contributed by atoms with Crippen LogP contribution >= 0.6 is 0 Å². The molecule has 0 radical (unpaired) electrons. The second-order valence-electron chi connectivity index (χ2n) is 10.0. The topological polar surface area (TPSA) is 126 Å². The van der Waals surface area contributed by atoms with E-state index >= 15 is 0 Å². The summed E-state index contributed by atoms with van der Waals surface area (Å²) in [4.78, 5) is 50.2. The van der Waals surface area contributed by atoms with E-state index in [2.05, 4.69) is 27.8 Å². The van der Waals surface area contributed by atoms with Gasteiger partial charge in [-0.15, -0.1) is 0 Å². The number of aldehydes is 1. The van der Waals surface area contributed by atoms with Crippen LogP contribution in [0.5, 0.6) is 0 Å². The van der Waals surface area contributed by atoms with Crippen molar-refractivity contribution < 1.29 is 23.9 Å². The molecule has 1 aromatic carbocycles. The van der Waals surface area contributed by atoms with Gasteiger partial charge in [0.25, 0.3) is 0 Å². The molecule has 0 spiro atoms. The second kappa shape index (κ2) is 14.3. The molecule has 1 saturated heterocycles. The lowest BCUT2D eigenvalue weighted by molar-refractivity contribution is -0.131. The summed E-state index contributed by atoms with van der Waals surface area (Å²) in [5, 5.41) is 11.3. The van der Waals surface area contributed by atoms with Crippen LogP contribution in [-0.2, 0) is 25.7 Å². The van der Waals surface area contributed by atoms with Gasteiger partial charge in [0.15, 0.2) is 0 Å². The Bertz CT molecular complexity index is 903. The van der Waals surface area contributed by atoms with Gasteiger partial charge in [0.1, 0.15) is 25.0 Å². The maximum Gasteiger partial charge on any atom is 0.408 e. The summed E-state index contributed by atoms with van der Waals surface area (Å²) < 4.78 is 5.25. The van der Waals surface area contributed by atoms with Gasteiger partial charge in [-0.1, -0.05) is 64.6 Å². The third kappa shape index (κ3) is 9.36. The highest BCUT2D eigenvalue weighted by molar-refractivity contribution is 5.92. The third-order valence-electron chi connectivity index (χ3n) is 6.14. The molecule has 0 saturated carbocycles. The number of carbonyl (C=O) groups is 4. The highest BCUT2D eigenvalue weighted by atomic mass is 16.5. The fourth-order valence-electron chi connectivity index (χ4n) is 4.12. The Hall–Kier alpha value is -3.36. The number of rotatable bonds is 13. The Balaban J connectivity index is 1.99. The summed E-state index contributed by atoms with van der Waals surface area (Å²) in [6.07, 6.45) is 1.69. The standard InChI is InChI=1S/C27H40N4O5/c1-17(2)13-23(25(33)29-22(15-32)14-21-11-12-28-19(21)5)30-26(34)24(18(3)4)31-27(35)36-16-20-9-7-6-8-10-20/h6-10,15,17-18,21-24,28H,5,11-14,16H2,1-4H3,(H,29,33)(H,30,34)(H,31,35)/t21-,22?,23-,24-/m0/s1. The van der Waals surface area contributed by atoms with Gasteiger partial charge in [-0.05, 0) is 36.7 Å². The fourth-order valence-corrected chi connectivity index (χ4v) is 4.12. The van der Waals surface area contributed by atoms with E-state index in [1.54, 1.807) is 13.8 Å². The molecule has 1 unspecified atom stereocenters. The molecule has 0 aromatic heterocycles. The van der Waals surface area contributed by atoms with Crippen LogP contribution in [0, 0.1) is 17.8 Å². The van der Waals surface area contributed by atoms with Crippen molar-refractivity contribution in [1.82, 2.24) is 21.3 Å². The molecule has 0 bridgehead atoms. The van der Waals surface area contributed by atoms with Crippen molar-refractivity contribution in [2.45, 2.75) is 71.7 Å². The average molecular weight is 501 g/mol. The largest absolute Gasteiger partial charge is 0.445 e. The zero-order chi connectivity index (χ0) is 26.7. The molecule has 3 amide bonds. The molecular formula is C27H40N4O5. The van der Waals surface area contributed by atoms with Crippen LogP contribution in [0.4, 0.5) is 4.79 Å². The van der Waals surface area contributed by atoms with E-state index < -0.39 is 36.0 Å². The van der Waals surface area contributed by atoms with Gasteiger partial charge >= 0.3 is 6.09 Å². The maximum atomic E-state index is 13.1. The molecule has 4 N–H and O–H groups in total. The van der Waals surface area contributed by atoms with Crippen LogP contribution < -0.4 is 21.3 Å². The molecular weight excluding hydrogens is 460 g/mol. The molecule has 1 aromatic rings. The zero-order valence-electron chi connectivity index (χ0n) is 21.7. The number of amides is 3. The Morgan fingerprint density at radius 1 is 1.08 bits per heavy atom. The van der Waals surface area contributed by atoms with Gasteiger partial charge in [-0.25, -0.2) is 4.79 Å². The summed E-state index contributed by atoms with van der Waals surface area (Å²) in [5.41, 5.74) is 1.70. The second-order valence-corrected chi connectivity index (χ2v) is 10.0. The third-order valence-corrected chi connectivity index (χ3v) is 6.14. The molecule has 1 fully saturated rings. The highest BCUT2D eigenvalue weighted by Crippen LogP contribution is 2.22. The molecule has 0 aliphatic carbocycles. The van der Waals surface area contributed by atoms with Crippen LogP contribution in [0.2, 0.25) is 0 Å². The van der Waals surface area contributed by atoms with Crippen LogP contribution in [0.3, 0.4) is 0 Å². The maximum absolute atomic E-state index is 13.1. The monoisotopic (exact) mass is 500 g/mol. The van der Waals surface area contributed by atoms with Crippen LogP contribution in [0.15, 0.2) is 42.6 Å². The zero-order valence-corrected chi connectivity index (χ0v) is 21.7. The predicted octanol–water partition coefficient (Wildman–Crippen LogP) is 2.67. The Kier molecular flexibility index (Phi) is 11.4. The molecule has 4 atom stereocenters. The van der Waals surface area contributed by atoms with Crippen molar-refractivity contribution in [1.29, 1.82) is 0 Å². The van der Waals surface area contributed by atoms with Gasteiger partial charge in [0, 0.05) is 18.2 Å². The van der Waals surface area contributed by atoms with Crippen LogP contribution in [-0.4, -0.2) is 48.9 Å². The summed E-state index contributed by atoms with van der Waals surface area (Å²) in [6, 6.07) is 6.79. The molecule has 36 heavy (non-hydrogen) atoms. The quantitative estimate of drug-likeness (QED) is 0.309. The normalized spacial score (nSPS) is 17.6. The number of ether oxygens (including phenoxy) is 1. The van der Waals surface area contributed by atoms with Crippen LogP contribution in [0.25, 0.3) is 0 Å². The fraction of sp³-hybridized carbons (Fsp3) is 0.556. The number of hydrogen-bond donors (Lipinski definition) is 4. The van der Waals surface area contributed by atoms with E-state index in [1.807, 2.05) is 44.2 Å². The van der Waals surface area contributed by atoms with Crippen molar-refractivity contribution in [2.75, 3.05) is 6.54 Å². The number of allylic oxidation sites excluding steroid dienone is 1. The van der Waals surface area contributed by atoms with E-state index in [4.69, 9.17) is 4.74 Å². The lowest BCUT2D eigenvalue weighted by Crippen LogP contribution is -2.56. The molecule has 2 rings (SSSR count). The van der Waals surface area contributed by atoms with Gasteiger partial charge in [-0.3, -0.25) is 9.59 Å². The molecule has 198 valence electrons. The minimum absolute atomic E-state index is 0.0769. The lowest BCUT2D eigenvalue weighted by atomic mass is 9.96. The smallest absolute Gasteiger partial charge is 0.408 e. The van der Waals surface area contributed by atoms with Crippen molar-refractivity contribution >= 4 is 24.2 Å². The first-order valence-corrected chi connectivity index (χ1v) is 12.6. The van der Waals surface area contributed by atoms with E-state index in [1.165, 1.54) is 0 Å². The number of nitrogens with one attached hydrogen (secondary N) is 4. The minimum Gasteiger partial charge on any atom is -0.445 e. The van der Waals surface area contributed by atoms with E-state index in [-0.39, 0.29) is 24.4 Å².